The van der Waals surface area contributed by atoms with Crippen LogP contribution < -0.4 is 0 Å². The topological polar surface area (TPSA) is 0 Å². The minimum atomic E-state index is -0.0741. The van der Waals surface area contributed by atoms with Gasteiger partial charge in [0.05, 0.1) is 5.53 Å². The molecule has 0 atom stereocenters. The number of hydrogen-bond donors (Lipinski definition) is 0. The Morgan fingerprint density at radius 3 is 0.891 bits per heavy atom. The lowest BCUT2D eigenvalue weighted by atomic mass is 10.0. The van der Waals surface area contributed by atoms with Crippen LogP contribution in [0.3, 0.4) is 0 Å². The van der Waals surface area contributed by atoms with E-state index in [0.29, 0.717) is 0 Å². The third-order valence-electron chi connectivity index (χ3n) is 9.31. The summed E-state index contributed by atoms with van der Waals surface area (Å²) in [6, 6.07) is 11.2. The van der Waals surface area contributed by atoms with Gasteiger partial charge in [-0.3, -0.25) is 0 Å². The van der Waals surface area contributed by atoms with Crippen LogP contribution in [-0.4, -0.2) is 11.5 Å². The summed E-state index contributed by atoms with van der Waals surface area (Å²) < 4.78 is 0. The lowest BCUT2D eigenvalue weighted by Gasteiger charge is -2.15. The molecule has 1 aromatic carbocycles. The van der Waals surface area contributed by atoms with E-state index in [0.717, 1.165) is 0 Å². The zero-order chi connectivity index (χ0) is 32.9. The van der Waals surface area contributed by atoms with Crippen LogP contribution in [-0.2, 0) is 0 Å². The van der Waals surface area contributed by atoms with Crippen LogP contribution in [0.15, 0.2) is 35.2 Å². The van der Waals surface area contributed by atoms with Gasteiger partial charge in [-0.2, -0.15) is 0 Å². The Hall–Kier alpha value is 0.700. The molecule has 1 aromatic rings. The van der Waals surface area contributed by atoms with E-state index in [1.165, 1.54) is 222 Å². The molecule has 0 aliphatic heterocycles. The molecule has 0 aromatic heterocycles. The van der Waals surface area contributed by atoms with Crippen molar-refractivity contribution < 1.29 is 0 Å². The quantitative estimate of drug-likeness (QED) is 0.0495. The molecule has 270 valence electrons. The summed E-state index contributed by atoms with van der Waals surface area (Å²) in [6.45, 7) is 4.62. The first-order valence-electron chi connectivity index (χ1n) is 20.7. The molecule has 0 saturated heterocycles. The highest BCUT2D eigenvalue weighted by molar-refractivity contribution is 9.12. The van der Waals surface area contributed by atoms with Crippen LogP contribution in [0.2, 0.25) is 0 Å². The summed E-state index contributed by atoms with van der Waals surface area (Å²) in [6.07, 6.45) is 46.6. The average Bonchev–Trinajstić information content (AvgIpc) is 3.07. The number of hydrogen-bond acceptors (Lipinski definition) is 3. The highest BCUT2D eigenvalue weighted by Gasteiger charge is 2.12. The molecular weight excluding hydrogens is 632 g/mol. The number of benzene rings is 1. The summed E-state index contributed by atoms with van der Waals surface area (Å²) in [5.41, 5.74) is -0.0741. The molecular formula is C42H79PS3. The Labute approximate surface area is 304 Å². The third-order valence-corrected chi connectivity index (χ3v) is 19.9. The Balaban J connectivity index is 1.96. The molecule has 46 heavy (non-hydrogen) atoms. The van der Waals surface area contributed by atoms with Crippen molar-refractivity contribution in [1.29, 1.82) is 0 Å². The molecule has 0 unspecified atom stereocenters. The highest BCUT2D eigenvalue weighted by Crippen LogP contribution is 2.72. The maximum absolute atomic E-state index is 2.31. The standard InChI is InChI=1S/C42H79PS3/c1-3-5-7-9-11-13-15-17-19-21-23-25-27-29-31-36-40-44-43(46-42-38-34-33-35-39-42)45-41-37-32-30-28-26-24-22-20-18-16-14-12-10-8-6-4-2/h33-35,38-39H,3-32,36-37,40-41H2,1-2H3. The first kappa shape index (κ1) is 44.7. The molecule has 0 aliphatic rings. The first-order valence-corrected chi connectivity index (χ1v) is 26.6. The molecule has 0 amide bonds. The minimum absolute atomic E-state index is 0.0741. The minimum Gasteiger partial charge on any atom is -0.112 e. The summed E-state index contributed by atoms with van der Waals surface area (Å²) >= 11 is 6.72. The third kappa shape index (κ3) is 33.2. The van der Waals surface area contributed by atoms with Gasteiger partial charge in [-0.15, -0.1) is 22.8 Å². The van der Waals surface area contributed by atoms with E-state index in [-0.39, 0.29) is 5.53 Å². The lowest BCUT2D eigenvalue weighted by molar-refractivity contribution is 0.532. The summed E-state index contributed by atoms with van der Waals surface area (Å²) in [5.74, 6) is 2.71. The second kappa shape index (κ2) is 38.5. The molecule has 0 heterocycles. The van der Waals surface area contributed by atoms with E-state index in [1.807, 2.05) is 0 Å². The maximum atomic E-state index is 2.31. The zero-order valence-corrected chi connectivity index (χ0v) is 34.4. The molecule has 0 spiro atoms. The Bertz CT molecular complexity index is 647. The zero-order valence-electron chi connectivity index (χ0n) is 31.1. The van der Waals surface area contributed by atoms with Crippen LogP contribution in [0.25, 0.3) is 0 Å². The Kier molecular flexibility index (Phi) is 37.4. The van der Waals surface area contributed by atoms with Crippen molar-refractivity contribution in [3.05, 3.63) is 30.3 Å². The average molecular weight is 711 g/mol. The molecule has 0 radical (unpaired) electrons. The van der Waals surface area contributed by atoms with Crippen molar-refractivity contribution in [2.24, 2.45) is 0 Å². The summed E-state index contributed by atoms with van der Waals surface area (Å²) in [4.78, 5) is 1.47. The summed E-state index contributed by atoms with van der Waals surface area (Å²) in [7, 11) is 0. The normalized spacial score (nSPS) is 11.6. The predicted molar refractivity (Wildman–Crippen MR) is 223 cm³/mol. The van der Waals surface area contributed by atoms with Gasteiger partial charge in [0.2, 0.25) is 0 Å². The monoisotopic (exact) mass is 711 g/mol. The predicted octanol–water partition coefficient (Wildman–Crippen LogP) is 18.0. The van der Waals surface area contributed by atoms with Crippen LogP contribution in [0.5, 0.6) is 0 Å². The van der Waals surface area contributed by atoms with Gasteiger partial charge in [0, 0.05) is 4.90 Å². The van der Waals surface area contributed by atoms with Gasteiger partial charge in [0.1, 0.15) is 0 Å². The van der Waals surface area contributed by atoms with Crippen LogP contribution in [0, 0.1) is 0 Å². The molecule has 0 aliphatic carbocycles. The molecule has 0 saturated carbocycles. The van der Waals surface area contributed by atoms with Gasteiger partial charge in [0.15, 0.2) is 0 Å². The molecule has 0 nitrogen and oxygen atoms in total. The fourth-order valence-electron chi connectivity index (χ4n) is 6.24. The lowest BCUT2D eigenvalue weighted by Crippen LogP contribution is -1.85. The van der Waals surface area contributed by atoms with Crippen LogP contribution >= 0.6 is 39.7 Å². The van der Waals surface area contributed by atoms with E-state index in [9.17, 15) is 0 Å². The van der Waals surface area contributed by atoms with E-state index < -0.39 is 0 Å². The maximum Gasteiger partial charge on any atom is 0.0778 e. The molecule has 0 N–H and O–H groups in total. The second-order valence-corrected chi connectivity index (χ2v) is 23.8. The fourth-order valence-corrected chi connectivity index (χ4v) is 16.8. The van der Waals surface area contributed by atoms with E-state index in [2.05, 4.69) is 78.3 Å². The van der Waals surface area contributed by atoms with Gasteiger partial charge in [-0.05, 0) is 36.5 Å². The SMILES string of the molecule is CCCCCCCCCCCCCCCCCCSP(SCCCCCCCCCCCCCCCCCC)Sc1ccccc1. The largest absolute Gasteiger partial charge is 0.112 e. The smallest absolute Gasteiger partial charge is 0.0778 e. The van der Waals surface area contributed by atoms with Crippen molar-refractivity contribution in [1.82, 2.24) is 0 Å². The molecule has 0 bridgehead atoms. The Morgan fingerprint density at radius 2 is 0.609 bits per heavy atom. The Morgan fingerprint density at radius 1 is 0.348 bits per heavy atom. The van der Waals surface area contributed by atoms with Gasteiger partial charge >= 0.3 is 0 Å². The van der Waals surface area contributed by atoms with E-state index in [4.69, 9.17) is 0 Å². The fraction of sp³-hybridized carbons (Fsp3) is 0.857. The molecule has 1 rings (SSSR count). The van der Waals surface area contributed by atoms with Gasteiger partial charge < -0.3 is 0 Å². The van der Waals surface area contributed by atoms with Crippen molar-refractivity contribution in [2.45, 2.75) is 224 Å². The van der Waals surface area contributed by atoms with Crippen molar-refractivity contribution in [3.8, 4) is 0 Å². The van der Waals surface area contributed by atoms with Crippen molar-refractivity contribution in [3.63, 3.8) is 0 Å². The molecule has 0 fully saturated rings. The van der Waals surface area contributed by atoms with Crippen LogP contribution in [0.4, 0.5) is 0 Å². The number of rotatable bonds is 38. The van der Waals surface area contributed by atoms with E-state index >= 15 is 0 Å². The van der Waals surface area contributed by atoms with Crippen molar-refractivity contribution >= 4 is 39.7 Å². The van der Waals surface area contributed by atoms with Crippen molar-refractivity contribution in [2.75, 3.05) is 11.5 Å². The second-order valence-electron chi connectivity index (χ2n) is 13.9. The van der Waals surface area contributed by atoms with E-state index in [1.54, 1.807) is 0 Å². The van der Waals surface area contributed by atoms with Crippen LogP contribution in [0.1, 0.15) is 219 Å². The van der Waals surface area contributed by atoms with Gasteiger partial charge in [-0.25, -0.2) is 0 Å². The number of unbranched alkanes of at least 4 members (excludes halogenated alkanes) is 30. The summed E-state index contributed by atoms with van der Waals surface area (Å²) in [5, 5.41) is 0. The highest BCUT2D eigenvalue weighted by atomic mass is 33.4. The first-order chi connectivity index (χ1) is 22.9. The van der Waals surface area contributed by atoms with Gasteiger partial charge in [0.25, 0.3) is 0 Å². The van der Waals surface area contributed by atoms with Gasteiger partial charge in [-0.1, -0.05) is 236 Å². The molecule has 4 heteroatoms.